The number of halogens is 1. The van der Waals surface area contributed by atoms with E-state index in [0.29, 0.717) is 18.7 Å². The van der Waals surface area contributed by atoms with Gasteiger partial charge < -0.3 is 15.3 Å². The van der Waals surface area contributed by atoms with Crippen LogP contribution >= 0.6 is 0 Å². The number of aliphatic hydroxyl groups is 1. The molecule has 2 atom stereocenters. The van der Waals surface area contributed by atoms with Crippen molar-refractivity contribution in [3.05, 3.63) is 72.3 Å². The van der Waals surface area contributed by atoms with Crippen molar-refractivity contribution in [1.29, 1.82) is 0 Å². The second-order valence-electron chi connectivity index (χ2n) is 7.51. The molecule has 0 bridgehead atoms. The number of amides is 1. The van der Waals surface area contributed by atoms with Crippen molar-refractivity contribution in [2.24, 2.45) is 5.92 Å². The molecule has 1 fully saturated rings. The maximum Gasteiger partial charge on any atom is 0.224 e. The van der Waals surface area contributed by atoms with Gasteiger partial charge in [-0.2, -0.15) is 0 Å². The first-order valence-corrected chi connectivity index (χ1v) is 9.65. The van der Waals surface area contributed by atoms with Crippen LogP contribution in [0.4, 0.5) is 10.1 Å². The summed E-state index contributed by atoms with van der Waals surface area (Å²) in [5.41, 5.74) is 0.402. The zero-order valence-corrected chi connectivity index (χ0v) is 15.6. The van der Waals surface area contributed by atoms with E-state index in [4.69, 9.17) is 0 Å². The molecule has 2 aromatic rings. The Morgan fingerprint density at radius 3 is 2.64 bits per heavy atom. The molecule has 1 aromatic heterocycles. The zero-order valence-electron chi connectivity index (χ0n) is 15.6. The molecule has 146 valence electrons. The van der Waals surface area contributed by atoms with E-state index in [2.05, 4.69) is 10.3 Å². The molecule has 2 aliphatic rings. The van der Waals surface area contributed by atoms with Gasteiger partial charge in [0.05, 0.1) is 23.5 Å². The topological polar surface area (TPSA) is 65.5 Å². The molecule has 5 nitrogen and oxygen atoms in total. The Labute approximate surface area is 163 Å². The van der Waals surface area contributed by atoms with E-state index < -0.39 is 17.5 Å². The Morgan fingerprint density at radius 2 is 1.96 bits per heavy atom. The first-order valence-electron chi connectivity index (χ1n) is 9.65. The number of aliphatic hydroxyl groups excluding tert-OH is 1. The molecule has 0 saturated carbocycles. The van der Waals surface area contributed by atoms with Crippen LogP contribution in [0.25, 0.3) is 0 Å². The number of pyridine rings is 1. The van der Waals surface area contributed by atoms with Crippen molar-refractivity contribution in [3.8, 4) is 0 Å². The van der Waals surface area contributed by atoms with Crippen LogP contribution in [0, 0.1) is 11.7 Å². The quantitative estimate of drug-likeness (QED) is 0.800. The van der Waals surface area contributed by atoms with Gasteiger partial charge in [0.25, 0.3) is 0 Å². The third kappa shape index (κ3) is 3.40. The maximum atomic E-state index is 14.2. The molecule has 0 unspecified atom stereocenters. The number of hydrogen-bond donors (Lipinski definition) is 2. The number of carbonyl (C=O) groups excluding carboxylic acids is 1. The third-order valence-electron chi connectivity index (χ3n) is 5.84. The lowest BCUT2D eigenvalue weighted by Gasteiger charge is -2.47. The summed E-state index contributed by atoms with van der Waals surface area (Å²) in [6.45, 7) is 0.731. The highest BCUT2D eigenvalue weighted by molar-refractivity contribution is 5.80. The van der Waals surface area contributed by atoms with Gasteiger partial charge in [0.2, 0.25) is 5.91 Å². The van der Waals surface area contributed by atoms with Gasteiger partial charge in [-0.3, -0.25) is 9.78 Å². The van der Waals surface area contributed by atoms with Gasteiger partial charge >= 0.3 is 0 Å². The van der Waals surface area contributed by atoms with Gasteiger partial charge in [0.15, 0.2) is 5.82 Å². The van der Waals surface area contributed by atoms with Crippen LogP contribution in [0.15, 0.2) is 60.9 Å². The van der Waals surface area contributed by atoms with Crippen LogP contribution in [0.3, 0.4) is 0 Å². The lowest BCUT2D eigenvalue weighted by atomic mass is 9.78. The molecule has 28 heavy (non-hydrogen) atoms. The summed E-state index contributed by atoms with van der Waals surface area (Å²) in [6.07, 6.45) is 7.80. The smallest absolute Gasteiger partial charge is 0.224 e. The van der Waals surface area contributed by atoms with Crippen molar-refractivity contribution in [2.45, 2.75) is 30.9 Å². The van der Waals surface area contributed by atoms with Crippen LogP contribution in [0.5, 0.6) is 0 Å². The lowest BCUT2D eigenvalue weighted by molar-refractivity contribution is -0.129. The molecule has 1 saturated heterocycles. The summed E-state index contributed by atoms with van der Waals surface area (Å²) < 4.78 is 14.2. The highest BCUT2D eigenvalue weighted by atomic mass is 19.1. The first kappa shape index (κ1) is 18.6. The molecular formula is C22H24FN3O2. The van der Waals surface area contributed by atoms with Crippen molar-refractivity contribution >= 4 is 11.6 Å². The minimum Gasteiger partial charge on any atom is -0.388 e. The summed E-state index contributed by atoms with van der Waals surface area (Å²) >= 11 is 0. The van der Waals surface area contributed by atoms with Crippen LogP contribution in [0.2, 0.25) is 0 Å². The van der Waals surface area contributed by atoms with E-state index in [1.165, 1.54) is 6.20 Å². The fraction of sp³-hybridized carbons (Fsp3) is 0.364. The predicted molar refractivity (Wildman–Crippen MR) is 105 cm³/mol. The Balaban J connectivity index is 1.61. The van der Waals surface area contributed by atoms with Gasteiger partial charge in [-0.25, -0.2) is 4.39 Å². The van der Waals surface area contributed by atoms with E-state index in [0.717, 1.165) is 18.4 Å². The summed E-state index contributed by atoms with van der Waals surface area (Å²) in [7, 11) is 0. The number of hydrogen-bond acceptors (Lipinski definition) is 4. The van der Waals surface area contributed by atoms with Crippen molar-refractivity contribution in [3.63, 3.8) is 0 Å². The van der Waals surface area contributed by atoms with Crippen LogP contribution in [-0.4, -0.2) is 35.2 Å². The molecule has 0 spiro atoms. The predicted octanol–water partition coefficient (Wildman–Crippen LogP) is 2.77. The summed E-state index contributed by atoms with van der Waals surface area (Å²) in [4.78, 5) is 18.5. The fourth-order valence-corrected chi connectivity index (χ4v) is 4.22. The number of aromatic nitrogens is 1. The van der Waals surface area contributed by atoms with E-state index in [-0.39, 0.29) is 18.4 Å². The van der Waals surface area contributed by atoms with Gasteiger partial charge in [0.1, 0.15) is 0 Å². The fourth-order valence-electron chi connectivity index (χ4n) is 4.22. The van der Waals surface area contributed by atoms with Crippen LogP contribution in [-0.2, 0) is 10.3 Å². The maximum absolute atomic E-state index is 14.2. The summed E-state index contributed by atoms with van der Waals surface area (Å²) in [5.74, 6) is -0.553. The summed E-state index contributed by atoms with van der Waals surface area (Å²) in [5, 5.41) is 14.3. The summed E-state index contributed by atoms with van der Waals surface area (Å²) in [6, 6.07) is 11.2. The molecule has 1 aliphatic heterocycles. The number of piperidine rings is 1. The molecular weight excluding hydrogens is 357 g/mol. The standard InChI is InChI=1S/C22H24FN3O2/c23-18-14-24-12-10-19(18)26-13-11-22(20(27)15-26,17-8-2-1-3-9-17)25-21(28)16-6-4-5-7-16/h1-5,8-10,12,14,16,20,27H,6-7,11,13,15H2,(H,25,28)/t20-,22+/m1/s1. The van der Waals surface area contributed by atoms with E-state index in [9.17, 15) is 14.3 Å². The average molecular weight is 381 g/mol. The van der Waals surface area contributed by atoms with Gasteiger partial charge in [-0.15, -0.1) is 0 Å². The lowest BCUT2D eigenvalue weighted by Crippen LogP contribution is -2.62. The molecule has 1 aliphatic carbocycles. The number of β-amino-alcohol motifs (C(OH)–C–C–N with tert-alkyl or cyclic N) is 1. The first-order chi connectivity index (χ1) is 13.6. The second-order valence-corrected chi connectivity index (χ2v) is 7.51. The van der Waals surface area contributed by atoms with Gasteiger partial charge in [-0.1, -0.05) is 42.5 Å². The zero-order chi connectivity index (χ0) is 19.6. The van der Waals surface area contributed by atoms with Crippen LogP contribution < -0.4 is 10.2 Å². The largest absolute Gasteiger partial charge is 0.388 e. The van der Waals surface area contributed by atoms with Crippen molar-refractivity contribution in [2.75, 3.05) is 18.0 Å². The highest BCUT2D eigenvalue weighted by Gasteiger charge is 2.46. The molecule has 0 radical (unpaired) electrons. The number of carbonyl (C=O) groups is 1. The molecule has 2 heterocycles. The van der Waals surface area contributed by atoms with Crippen molar-refractivity contribution < 1.29 is 14.3 Å². The highest BCUT2D eigenvalue weighted by Crippen LogP contribution is 2.36. The Bertz CT molecular complexity index is 865. The minimum absolute atomic E-state index is 0.0450. The molecule has 1 aromatic carbocycles. The number of nitrogens with one attached hydrogen (secondary N) is 1. The number of anilines is 1. The SMILES string of the molecule is O=C(N[C@]1(c2ccccc2)CCN(c2ccncc2F)C[C@H]1O)C1CC=CC1. The normalized spacial score (nSPS) is 25.1. The molecule has 1 amide bonds. The molecule has 4 rings (SSSR count). The Morgan fingerprint density at radius 1 is 1.21 bits per heavy atom. The van der Waals surface area contributed by atoms with E-state index in [1.807, 2.05) is 47.4 Å². The van der Waals surface area contributed by atoms with Gasteiger partial charge in [0, 0.05) is 25.2 Å². The van der Waals surface area contributed by atoms with E-state index >= 15 is 0 Å². The Hall–Kier alpha value is -2.73. The number of rotatable bonds is 4. The van der Waals surface area contributed by atoms with E-state index in [1.54, 1.807) is 12.3 Å². The van der Waals surface area contributed by atoms with Crippen molar-refractivity contribution in [1.82, 2.24) is 10.3 Å². The van der Waals surface area contributed by atoms with Gasteiger partial charge in [-0.05, 0) is 30.9 Å². The molecule has 2 N–H and O–H groups in total. The monoisotopic (exact) mass is 381 g/mol. The minimum atomic E-state index is -0.888. The van der Waals surface area contributed by atoms with Crippen LogP contribution in [0.1, 0.15) is 24.8 Å². The third-order valence-corrected chi connectivity index (χ3v) is 5.84. The Kier molecular flexibility index (Phi) is 5.13. The number of allylic oxidation sites excluding steroid dienone is 2. The number of nitrogens with zero attached hydrogens (tertiary/aromatic N) is 2. The second kappa shape index (κ2) is 7.72. The average Bonchev–Trinajstić information content (AvgIpc) is 3.26. The number of benzene rings is 1. The molecule has 6 heteroatoms.